The summed E-state index contributed by atoms with van der Waals surface area (Å²) in [5.41, 5.74) is 0.541. The predicted molar refractivity (Wildman–Crippen MR) is 97.4 cm³/mol. The first-order chi connectivity index (χ1) is 11.1. The Balaban J connectivity index is 0.00000288. The summed E-state index contributed by atoms with van der Waals surface area (Å²) in [4.78, 5) is 12.3. The molecule has 1 aliphatic heterocycles. The highest BCUT2D eigenvalue weighted by Gasteiger charge is 2.22. The summed E-state index contributed by atoms with van der Waals surface area (Å²) in [6.07, 6.45) is 3.64. The fourth-order valence-corrected chi connectivity index (χ4v) is 2.96. The van der Waals surface area contributed by atoms with E-state index in [1.165, 1.54) is 25.0 Å². The molecule has 0 aromatic heterocycles. The van der Waals surface area contributed by atoms with E-state index in [0.29, 0.717) is 36.3 Å². The van der Waals surface area contributed by atoms with Gasteiger partial charge in [-0.1, -0.05) is 13.8 Å². The van der Waals surface area contributed by atoms with Gasteiger partial charge in [0.1, 0.15) is 11.6 Å². The van der Waals surface area contributed by atoms with E-state index in [2.05, 4.69) is 17.6 Å². The van der Waals surface area contributed by atoms with Gasteiger partial charge in [0, 0.05) is 12.5 Å². The van der Waals surface area contributed by atoms with Gasteiger partial charge in [-0.05, 0) is 56.3 Å². The van der Waals surface area contributed by atoms with E-state index in [9.17, 15) is 9.18 Å². The van der Waals surface area contributed by atoms with E-state index < -0.39 is 0 Å². The molecule has 1 amide bonds. The van der Waals surface area contributed by atoms with Gasteiger partial charge in [-0.25, -0.2) is 4.39 Å². The standard InChI is InChI=1S/C18H27FN2O2.ClH/c1-3-9-23-17-11-15(19)6-7-16(17)21-18(22)10-13(2)14-5-4-8-20-12-14;/h6-7,11,13-14,20H,3-5,8-10,12H2,1-2H3,(H,21,22);1H. The zero-order valence-corrected chi connectivity index (χ0v) is 15.3. The number of nitrogens with one attached hydrogen (secondary N) is 2. The SMILES string of the molecule is CCCOc1cc(F)ccc1NC(=O)CC(C)C1CCCNC1.Cl. The van der Waals surface area contributed by atoms with Crippen molar-refractivity contribution < 1.29 is 13.9 Å². The molecule has 4 nitrogen and oxygen atoms in total. The average Bonchev–Trinajstić information content (AvgIpc) is 2.55. The number of benzene rings is 1. The van der Waals surface area contributed by atoms with Crippen LogP contribution in [-0.4, -0.2) is 25.6 Å². The molecule has 2 rings (SSSR count). The highest BCUT2D eigenvalue weighted by atomic mass is 35.5. The van der Waals surface area contributed by atoms with Crippen molar-refractivity contribution in [3.8, 4) is 5.75 Å². The molecule has 0 bridgehead atoms. The van der Waals surface area contributed by atoms with Gasteiger partial charge in [0.25, 0.3) is 0 Å². The number of anilines is 1. The summed E-state index contributed by atoms with van der Waals surface area (Å²) in [5, 5.41) is 6.25. The zero-order valence-electron chi connectivity index (χ0n) is 14.4. The van der Waals surface area contributed by atoms with Crippen LogP contribution >= 0.6 is 12.4 Å². The molecule has 0 radical (unpaired) electrons. The molecule has 24 heavy (non-hydrogen) atoms. The van der Waals surface area contributed by atoms with Gasteiger partial charge in [0.2, 0.25) is 5.91 Å². The number of piperidine rings is 1. The topological polar surface area (TPSA) is 50.4 Å². The Bertz CT molecular complexity index is 522. The van der Waals surface area contributed by atoms with E-state index in [-0.39, 0.29) is 24.1 Å². The van der Waals surface area contributed by atoms with Crippen LogP contribution in [0, 0.1) is 17.7 Å². The minimum atomic E-state index is -0.365. The molecule has 1 aliphatic rings. The molecule has 1 aromatic carbocycles. The predicted octanol–water partition coefficient (Wildman–Crippen LogP) is 4.00. The molecule has 0 aliphatic carbocycles. The van der Waals surface area contributed by atoms with Gasteiger partial charge in [-0.3, -0.25) is 4.79 Å². The monoisotopic (exact) mass is 358 g/mol. The third-order valence-corrected chi connectivity index (χ3v) is 4.33. The van der Waals surface area contributed by atoms with Gasteiger partial charge in [-0.2, -0.15) is 0 Å². The first kappa shape index (κ1) is 20.7. The maximum absolute atomic E-state index is 13.4. The lowest BCUT2D eigenvalue weighted by Crippen LogP contribution is -2.34. The third kappa shape index (κ3) is 6.29. The summed E-state index contributed by atoms with van der Waals surface area (Å²) in [6.45, 7) is 6.66. The van der Waals surface area contributed by atoms with Crippen molar-refractivity contribution in [3.63, 3.8) is 0 Å². The lowest BCUT2D eigenvalue weighted by molar-refractivity contribution is -0.117. The van der Waals surface area contributed by atoms with Gasteiger partial charge in [0.15, 0.2) is 0 Å². The molecule has 1 aromatic rings. The fraction of sp³-hybridized carbons (Fsp3) is 0.611. The highest BCUT2D eigenvalue weighted by molar-refractivity contribution is 5.92. The molecule has 0 spiro atoms. The van der Waals surface area contributed by atoms with Gasteiger partial charge >= 0.3 is 0 Å². The Morgan fingerprint density at radius 3 is 2.96 bits per heavy atom. The van der Waals surface area contributed by atoms with Crippen molar-refractivity contribution >= 4 is 24.0 Å². The first-order valence-corrected chi connectivity index (χ1v) is 8.53. The molecule has 2 unspecified atom stereocenters. The number of hydrogen-bond donors (Lipinski definition) is 2. The summed E-state index contributed by atoms with van der Waals surface area (Å²) < 4.78 is 18.9. The maximum atomic E-state index is 13.4. The minimum Gasteiger partial charge on any atom is -0.491 e. The van der Waals surface area contributed by atoms with Crippen molar-refractivity contribution in [3.05, 3.63) is 24.0 Å². The van der Waals surface area contributed by atoms with E-state index in [1.807, 2.05) is 6.92 Å². The van der Waals surface area contributed by atoms with Crippen LogP contribution in [0.15, 0.2) is 18.2 Å². The Kier molecular flexibility index (Phi) is 9.08. The van der Waals surface area contributed by atoms with E-state index in [0.717, 1.165) is 19.5 Å². The Morgan fingerprint density at radius 2 is 2.29 bits per heavy atom. The summed E-state index contributed by atoms with van der Waals surface area (Å²) >= 11 is 0. The number of carbonyl (C=O) groups excluding carboxylic acids is 1. The lowest BCUT2D eigenvalue weighted by atomic mass is 9.85. The normalized spacial score (nSPS) is 18.4. The van der Waals surface area contributed by atoms with Crippen LogP contribution in [0.1, 0.15) is 39.5 Å². The molecule has 2 N–H and O–H groups in total. The van der Waals surface area contributed by atoms with Crippen LogP contribution in [-0.2, 0) is 4.79 Å². The largest absolute Gasteiger partial charge is 0.491 e. The summed E-state index contributed by atoms with van der Waals surface area (Å²) in [6, 6.07) is 4.22. The number of rotatable bonds is 7. The van der Waals surface area contributed by atoms with Crippen molar-refractivity contribution in [2.45, 2.75) is 39.5 Å². The number of amides is 1. The summed E-state index contributed by atoms with van der Waals surface area (Å²) in [5.74, 6) is 0.848. The molecule has 1 heterocycles. The molecule has 1 fully saturated rings. The first-order valence-electron chi connectivity index (χ1n) is 8.53. The Labute approximate surface area is 149 Å². The number of halogens is 2. The second kappa shape index (κ2) is 10.5. The van der Waals surface area contributed by atoms with Gasteiger partial charge in [0.05, 0.1) is 12.3 Å². The molecule has 6 heteroatoms. The number of carbonyl (C=O) groups is 1. The van der Waals surface area contributed by atoms with Gasteiger partial charge in [-0.15, -0.1) is 12.4 Å². The van der Waals surface area contributed by atoms with E-state index in [1.54, 1.807) is 6.07 Å². The molecule has 2 atom stereocenters. The van der Waals surface area contributed by atoms with E-state index in [4.69, 9.17) is 4.74 Å². The smallest absolute Gasteiger partial charge is 0.224 e. The Hall–Kier alpha value is -1.33. The van der Waals surface area contributed by atoms with Crippen molar-refractivity contribution in [1.29, 1.82) is 0 Å². The van der Waals surface area contributed by atoms with Crippen molar-refractivity contribution in [1.82, 2.24) is 5.32 Å². The van der Waals surface area contributed by atoms with Crippen LogP contribution in [0.4, 0.5) is 10.1 Å². The fourth-order valence-electron chi connectivity index (χ4n) is 2.96. The van der Waals surface area contributed by atoms with Crippen LogP contribution in [0.5, 0.6) is 5.75 Å². The quantitative estimate of drug-likeness (QED) is 0.774. The van der Waals surface area contributed by atoms with Crippen LogP contribution in [0.3, 0.4) is 0 Å². The third-order valence-electron chi connectivity index (χ3n) is 4.33. The van der Waals surface area contributed by atoms with Crippen LogP contribution in [0.2, 0.25) is 0 Å². The molecule has 136 valence electrons. The highest BCUT2D eigenvalue weighted by Crippen LogP contribution is 2.27. The maximum Gasteiger partial charge on any atom is 0.224 e. The van der Waals surface area contributed by atoms with Crippen LogP contribution in [0.25, 0.3) is 0 Å². The van der Waals surface area contributed by atoms with E-state index >= 15 is 0 Å². The van der Waals surface area contributed by atoms with Crippen molar-refractivity contribution in [2.24, 2.45) is 11.8 Å². The zero-order chi connectivity index (χ0) is 16.7. The Morgan fingerprint density at radius 1 is 1.50 bits per heavy atom. The summed E-state index contributed by atoms with van der Waals surface area (Å²) in [7, 11) is 0. The second-order valence-corrected chi connectivity index (χ2v) is 6.32. The number of hydrogen-bond acceptors (Lipinski definition) is 3. The van der Waals surface area contributed by atoms with Gasteiger partial charge < -0.3 is 15.4 Å². The second-order valence-electron chi connectivity index (χ2n) is 6.32. The molecular weight excluding hydrogens is 331 g/mol. The molecule has 0 saturated carbocycles. The number of ether oxygens (including phenoxy) is 1. The molecule has 1 saturated heterocycles. The van der Waals surface area contributed by atoms with Crippen molar-refractivity contribution in [2.75, 3.05) is 25.0 Å². The van der Waals surface area contributed by atoms with Crippen LogP contribution < -0.4 is 15.4 Å². The average molecular weight is 359 g/mol. The lowest BCUT2D eigenvalue weighted by Gasteiger charge is -2.28. The minimum absolute atomic E-state index is 0. The molecular formula is C18H28ClFN2O2.